The van der Waals surface area contributed by atoms with Gasteiger partial charge in [-0.15, -0.1) is 0 Å². The molecule has 4 heteroatoms. The average Bonchev–Trinajstić information content (AvgIpc) is 2.59. The third kappa shape index (κ3) is 3.11. The summed E-state index contributed by atoms with van der Waals surface area (Å²) in [5.74, 6) is 0.394. The fourth-order valence-electron chi connectivity index (χ4n) is 3.58. The monoisotopic (exact) mass is 267 g/mol. The van der Waals surface area contributed by atoms with Crippen LogP contribution in [0.2, 0.25) is 0 Å². The maximum Gasteiger partial charge on any atom is 0.230 e. The minimum absolute atomic E-state index is 0.143. The van der Waals surface area contributed by atoms with Crippen molar-refractivity contribution in [1.29, 1.82) is 0 Å². The third-order valence-corrected chi connectivity index (χ3v) is 4.91. The van der Waals surface area contributed by atoms with Gasteiger partial charge in [-0.05, 0) is 52.7 Å². The Labute approximate surface area is 117 Å². The summed E-state index contributed by atoms with van der Waals surface area (Å²) in [7, 11) is 2.15. The molecule has 0 saturated carbocycles. The number of rotatable bonds is 2. The Bertz CT molecular complexity index is 313. The van der Waals surface area contributed by atoms with E-state index >= 15 is 0 Å². The molecule has 2 fully saturated rings. The maximum absolute atomic E-state index is 13.0. The molecule has 0 aromatic heterocycles. The maximum atomic E-state index is 13.0. The number of amides is 1. The fraction of sp³-hybridized carbons (Fsp3) is 0.933. The summed E-state index contributed by atoms with van der Waals surface area (Å²) in [4.78, 5) is 17.5. The Morgan fingerprint density at radius 2 is 2.16 bits per heavy atom. The first-order valence-electron chi connectivity index (χ1n) is 7.79. The van der Waals surface area contributed by atoms with Gasteiger partial charge in [0.05, 0.1) is 5.41 Å². The van der Waals surface area contributed by atoms with Crippen molar-refractivity contribution in [2.45, 2.75) is 45.6 Å². The van der Waals surface area contributed by atoms with Gasteiger partial charge in [-0.1, -0.05) is 6.92 Å². The summed E-state index contributed by atoms with van der Waals surface area (Å²) in [6, 6.07) is 0.338. The molecule has 0 aliphatic carbocycles. The predicted molar refractivity (Wildman–Crippen MR) is 78.1 cm³/mol. The van der Waals surface area contributed by atoms with E-state index in [1.54, 1.807) is 0 Å². The Morgan fingerprint density at radius 1 is 1.37 bits per heavy atom. The molecular formula is C15H29N3O. The SMILES string of the molecule is CCC1(C(=O)N2CCCN(C)CC2C)CCCNC1. The van der Waals surface area contributed by atoms with Crippen LogP contribution in [-0.2, 0) is 4.79 Å². The van der Waals surface area contributed by atoms with Crippen LogP contribution in [0.4, 0.5) is 0 Å². The van der Waals surface area contributed by atoms with Gasteiger partial charge in [0.1, 0.15) is 0 Å². The summed E-state index contributed by atoms with van der Waals surface area (Å²) < 4.78 is 0. The zero-order valence-corrected chi connectivity index (χ0v) is 12.7. The molecule has 0 bridgehead atoms. The molecular weight excluding hydrogens is 238 g/mol. The molecule has 2 unspecified atom stereocenters. The van der Waals surface area contributed by atoms with Gasteiger partial charge in [-0.3, -0.25) is 4.79 Å². The van der Waals surface area contributed by atoms with Crippen molar-refractivity contribution in [2.24, 2.45) is 5.41 Å². The Balaban J connectivity index is 2.11. The van der Waals surface area contributed by atoms with Gasteiger partial charge in [0, 0.05) is 25.7 Å². The van der Waals surface area contributed by atoms with Crippen LogP contribution in [0.3, 0.4) is 0 Å². The lowest BCUT2D eigenvalue weighted by Crippen LogP contribution is -2.54. The first-order chi connectivity index (χ1) is 9.09. The van der Waals surface area contributed by atoms with Crippen molar-refractivity contribution in [3.05, 3.63) is 0 Å². The van der Waals surface area contributed by atoms with E-state index in [9.17, 15) is 4.79 Å². The van der Waals surface area contributed by atoms with Crippen LogP contribution in [-0.4, -0.2) is 61.5 Å². The van der Waals surface area contributed by atoms with Crippen LogP contribution in [0.25, 0.3) is 0 Å². The van der Waals surface area contributed by atoms with Gasteiger partial charge in [0.25, 0.3) is 0 Å². The molecule has 0 aromatic rings. The lowest BCUT2D eigenvalue weighted by molar-refractivity contribution is -0.145. The van der Waals surface area contributed by atoms with Crippen molar-refractivity contribution in [1.82, 2.24) is 15.1 Å². The average molecular weight is 267 g/mol. The van der Waals surface area contributed by atoms with Gasteiger partial charge in [0.2, 0.25) is 5.91 Å². The summed E-state index contributed by atoms with van der Waals surface area (Å²) >= 11 is 0. The van der Waals surface area contributed by atoms with Gasteiger partial charge in [-0.25, -0.2) is 0 Å². The van der Waals surface area contributed by atoms with Crippen LogP contribution in [0.5, 0.6) is 0 Å². The molecule has 2 atom stereocenters. The number of nitrogens with one attached hydrogen (secondary N) is 1. The molecule has 0 aromatic carbocycles. The van der Waals surface area contributed by atoms with Gasteiger partial charge >= 0.3 is 0 Å². The second-order valence-electron chi connectivity index (χ2n) is 6.38. The van der Waals surface area contributed by atoms with Crippen LogP contribution < -0.4 is 5.32 Å². The minimum Gasteiger partial charge on any atom is -0.338 e. The van der Waals surface area contributed by atoms with Crippen molar-refractivity contribution < 1.29 is 4.79 Å². The lowest BCUT2D eigenvalue weighted by Gasteiger charge is -2.41. The number of piperidine rings is 1. The Kier molecular flexibility index (Phi) is 4.85. The van der Waals surface area contributed by atoms with E-state index < -0.39 is 0 Å². The highest BCUT2D eigenvalue weighted by Gasteiger charge is 2.42. The standard InChI is InChI=1S/C15H29N3O/c1-4-15(7-5-8-16-12-15)14(19)18-10-6-9-17(3)11-13(18)2/h13,16H,4-12H2,1-3H3. The van der Waals surface area contributed by atoms with E-state index in [1.807, 2.05) is 0 Å². The third-order valence-electron chi connectivity index (χ3n) is 4.91. The topological polar surface area (TPSA) is 35.6 Å². The summed E-state index contributed by atoms with van der Waals surface area (Å²) in [5.41, 5.74) is -0.143. The second-order valence-corrected chi connectivity index (χ2v) is 6.38. The molecule has 19 heavy (non-hydrogen) atoms. The van der Waals surface area contributed by atoms with E-state index in [2.05, 4.69) is 36.0 Å². The van der Waals surface area contributed by atoms with Crippen LogP contribution in [0.1, 0.15) is 39.5 Å². The van der Waals surface area contributed by atoms with Crippen LogP contribution in [0.15, 0.2) is 0 Å². The number of likely N-dealkylation sites (N-methyl/N-ethyl adjacent to an activating group) is 1. The molecule has 1 amide bonds. The smallest absolute Gasteiger partial charge is 0.230 e. The predicted octanol–water partition coefficient (Wildman–Crippen LogP) is 1.32. The highest BCUT2D eigenvalue weighted by Crippen LogP contribution is 2.33. The number of carbonyl (C=O) groups is 1. The number of hydrogen-bond donors (Lipinski definition) is 1. The quantitative estimate of drug-likeness (QED) is 0.819. The number of hydrogen-bond acceptors (Lipinski definition) is 3. The molecule has 110 valence electrons. The van der Waals surface area contributed by atoms with Gasteiger partial charge < -0.3 is 15.1 Å². The summed E-state index contributed by atoms with van der Waals surface area (Å²) in [6.45, 7) is 9.31. The molecule has 1 N–H and O–H groups in total. The minimum atomic E-state index is -0.143. The van der Waals surface area contributed by atoms with Crippen molar-refractivity contribution in [2.75, 3.05) is 39.8 Å². The lowest BCUT2D eigenvalue weighted by atomic mass is 9.76. The zero-order valence-electron chi connectivity index (χ0n) is 12.7. The van der Waals surface area contributed by atoms with Crippen molar-refractivity contribution in [3.63, 3.8) is 0 Å². The first kappa shape index (κ1) is 14.8. The summed E-state index contributed by atoms with van der Waals surface area (Å²) in [6.07, 6.45) is 4.23. The second kappa shape index (κ2) is 6.23. The largest absolute Gasteiger partial charge is 0.338 e. The molecule has 2 saturated heterocycles. The Hall–Kier alpha value is -0.610. The molecule has 2 rings (SSSR count). The number of nitrogens with zero attached hydrogens (tertiary/aromatic N) is 2. The van der Waals surface area contributed by atoms with Gasteiger partial charge in [-0.2, -0.15) is 0 Å². The highest BCUT2D eigenvalue weighted by molar-refractivity contribution is 5.83. The summed E-state index contributed by atoms with van der Waals surface area (Å²) in [5, 5.41) is 3.43. The van der Waals surface area contributed by atoms with Crippen molar-refractivity contribution >= 4 is 5.91 Å². The van der Waals surface area contributed by atoms with E-state index in [0.29, 0.717) is 11.9 Å². The van der Waals surface area contributed by atoms with Gasteiger partial charge in [0.15, 0.2) is 0 Å². The fourth-order valence-corrected chi connectivity index (χ4v) is 3.58. The highest BCUT2D eigenvalue weighted by atomic mass is 16.2. The van der Waals surface area contributed by atoms with Crippen LogP contribution in [0, 0.1) is 5.41 Å². The van der Waals surface area contributed by atoms with E-state index in [0.717, 1.165) is 58.4 Å². The number of carbonyl (C=O) groups excluding carboxylic acids is 1. The van der Waals surface area contributed by atoms with Crippen LogP contribution >= 0.6 is 0 Å². The van der Waals surface area contributed by atoms with E-state index in [-0.39, 0.29) is 5.41 Å². The normalized spacial score (nSPS) is 34.1. The Morgan fingerprint density at radius 3 is 2.79 bits per heavy atom. The molecule has 0 radical (unpaired) electrons. The molecule has 2 aliphatic rings. The van der Waals surface area contributed by atoms with E-state index in [4.69, 9.17) is 0 Å². The molecule has 2 heterocycles. The molecule has 2 aliphatic heterocycles. The molecule has 0 spiro atoms. The van der Waals surface area contributed by atoms with E-state index in [1.165, 1.54) is 0 Å². The zero-order chi connectivity index (χ0) is 13.9. The van der Waals surface area contributed by atoms with Crippen molar-refractivity contribution in [3.8, 4) is 0 Å². The molecule has 4 nitrogen and oxygen atoms in total. The first-order valence-corrected chi connectivity index (χ1v) is 7.79.